The maximum Gasteiger partial charge on any atom is 0.0541 e. The lowest BCUT2D eigenvalue weighted by Crippen LogP contribution is -2.32. The molecule has 0 bridgehead atoms. The molecule has 0 fully saturated rings. The molecule has 0 spiro atoms. The molecule has 250 valence electrons. The number of hydrogen-bond acceptors (Lipinski definition) is 1. The van der Waals surface area contributed by atoms with E-state index in [9.17, 15) is 0 Å². The molecule has 2 aliphatic rings. The van der Waals surface area contributed by atoms with Gasteiger partial charge in [-0.15, -0.1) is 0 Å². The molecule has 0 saturated carbocycles. The molecule has 2 unspecified atom stereocenters. The molecule has 52 heavy (non-hydrogen) atoms. The molecular weight excluding hydrogens is 629 g/mol. The predicted molar refractivity (Wildman–Crippen MR) is 219 cm³/mol. The van der Waals surface area contributed by atoms with Crippen LogP contribution in [-0.4, -0.2) is 9.55 Å². The largest absolute Gasteiger partial charge is 0.309 e. The molecule has 0 saturated heterocycles. The lowest BCUT2D eigenvalue weighted by Gasteiger charge is -2.43. The van der Waals surface area contributed by atoms with E-state index in [-0.39, 0.29) is 16.7 Å². The van der Waals surface area contributed by atoms with Crippen molar-refractivity contribution in [2.24, 2.45) is 0 Å². The average Bonchev–Trinajstić information content (AvgIpc) is 3.51. The van der Waals surface area contributed by atoms with Gasteiger partial charge in [-0.05, 0) is 103 Å². The summed E-state index contributed by atoms with van der Waals surface area (Å²) in [5.74, 6) is 0.191. The SMILES string of the molecule is CC(C)(C)c1cc2c3c4c(ccc3c1)C(c1ccc3c(c1)c1ccccc1n3-c1ccccc1)=CC(C)(c1ccc(-c3cccnc3)cc1)C4C=C2. The van der Waals surface area contributed by atoms with E-state index in [4.69, 9.17) is 0 Å². The van der Waals surface area contributed by atoms with E-state index in [1.54, 1.807) is 0 Å². The monoisotopic (exact) mass is 668 g/mol. The van der Waals surface area contributed by atoms with Gasteiger partial charge >= 0.3 is 0 Å². The normalized spacial score (nSPS) is 17.9. The summed E-state index contributed by atoms with van der Waals surface area (Å²) in [6.07, 6.45) is 11.2. The summed E-state index contributed by atoms with van der Waals surface area (Å²) in [5, 5.41) is 5.26. The van der Waals surface area contributed by atoms with Gasteiger partial charge in [0.2, 0.25) is 0 Å². The number of pyridine rings is 1. The van der Waals surface area contributed by atoms with E-state index in [0.717, 1.165) is 5.56 Å². The van der Waals surface area contributed by atoms with Crippen molar-refractivity contribution in [2.45, 2.75) is 44.4 Å². The molecule has 2 nitrogen and oxygen atoms in total. The fourth-order valence-electron chi connectivity index (χ4n) is 8.97. The molecule has 10 rings (SSSR count). The van der Waals surface area contributed by atoms with Crippen LogP contribution in [0, 0.1) is 0 Å². The van der Waals surface area contributed by atoms with Crippen LogP contribution in [0.15, 0.2) is 158 Å². The maximum atomic E-state index is 4.38. The first kappa shape index (κ1) is 30.8. The molecule has 2 atom stereocenters. The summed E-state index contributed by atoms with van der Waals surface area (Å²) < 4.78 is 2.40. The molecular formula is C50H40N2. The summed E-state index contributed by atoms with van der Waals surface area (Å²) in [6.45, 7) is 9.38. The van der Waals surface area contributed by atoms with Crippen molar-refractivity contribution in [3.05, 3.63) is 191 Å². The zero-order valence-electron chi connectivity index (χ0n) is 30.1. The van der Waals surface area contributed by atoms with Crippen molar-refractivity contribution >= 4 is 44.2 Å². The zero-order valence-corrected chi connectivity index (χ0v) is 30.1. The van der Waals surface area contributed by atoms with Gasteiger partial charge in [0.25, 0.3) is 0 Å². The van der Waals surface area contributed by atoms with Crippen molar-refractivity contribution < 1.29 is 0 Å². The first-order valence-corrected chi connectivity index (χ1v) is 18.4. The third-order valence-corrected chi connectivity index (χ3v) is 11.7. The second kappa shape index (κ2) is 11.3. The highest BCUT2D eigenvalue weighted by molar-refractivity contribution is 6.11. The molecule has 0 amide bonds. The summed E-state index contributed by atoms with van der Waals surface area (Å²) in [7, 11) is 0. The zero-order chi connectivity index (χ0) is 35.2. The van der Waals surface area contributed by atoms with E-state index in [0.29, 0.717) is 0 Å². The third-order valence-electron chi connectivity index (χ3n) is 11.7. The fraction of sp³-hybridized carbons (Fsp3) is 0.140. The Morgan fingerprint density at radius 2 is 1.44 bits per heavy atom. The number of fused-ring (bicyclic) bond motifs is 3. The van der Waals surface area contributed by atoms with Gasteiger partial charge in [-0.3, -0.25) is 4.98 Å². The van der Waals surface area contributed by atoms with Crippen LogP contribution in [0.2, 0.25) is 0 Å². The van der Waals surface area contributed by atoms with E-state index in [1.165, 1.54) is 82.8 Å². The second-order valence-electron chi connectivity index (χ2n) is 15.9. The average molecular weight is 669 g/mol. The van der Waals surface area contributed by atoms with Gasteiger partial charge in [-0.2, -0.15) is 0 Å². The highest BCUT2D eigenvalue weighted by Gasteiger charge is 2.42. The summed E-state index contributed by atoms with van der Waals surface area (Å²) >= 11 is 0. The number of allylic oxidation sites excluding steroid dienone is 2. The smallest absolute Gasteiger partial charge is 0.0541 e. The molecule has 0 radical (unpaired) electrons. The molecule has 8 aromatic rings. The Balaban J connectivity index is 1.22. The maximum absolute atomic E-state index is 4.38. The third kappa shape index (κ3) is 4.60. The van der Waals surface area contributed by atoms with Gasteiger partial charge in [-0.1, -0.05) is 143 Å². The topological polar surface area (TPSA) is 17.8 Å². The van der Waals surface area contributed by atoms with Crippen LogP contribution < -0.4 is 0 Å². The van der Waals surface area contributed by atoms with E-state index in [2.05, 4.69) is 183 Å². The van der Waals surface area contributed by atoms with Crippen LogP contribution in [0.3, 0.4) is 0 Å². The Morgan fingerprint density at radius 1 is 0.673 bits per heavy atom. The summed E-state index contributed by atoms with van der Waals surface area (Å²) in [6, 6.07) is 49.6. The Labute approximate surface area is 305 Å². The molecule has 0 N–H and O–H groups in total. The number of benzene rings is 6. The second-order valence-corrected chi connectivity index (χ2v) is 15.9. The Kier molecular flexibility index (Phi) is 6.67. The highest BCUT2D eigenvalue weighted by Crippen LogP contribution is 2.55. The lowest BCUT2D eigenvalue weighted by molar-refractivity contribution is 0.526. The minimum Gasteiger partial charge on any atom is -0.309 e. The van der Waals surface area contributed by atoms with Gasteiger partial charge in [0, 0.05) is 40.2 Å². The van der Waals surface area contributed by atoms with Crippen molar-refractivity contribution in [1.29, 1.82) is 0 Å². The standard InChI is InChI=1S/C50H40N2/c1-49(2,3)38-27-34-18-23-41-43(33-20-25-46-42(29-33)40-14-8-9-15-45(40)52(46)39-12-6-5-7-13-39)30-50(4,44-24-19-35(28-38)47(34)48(41)44)37-21-16-32(17-22-37)36-11-10-26-51-31-36/h5-31,44H,1-4H3. The minimum absolute atomic E-state index is 0.0647. The van der Waals surface area contributed by atoms with Crippen LogP contribution in [-0.2, 0) is 10.8 Å². The van der Waals surface area contributed by atoms with Crippen LogP contribution in [0.25, 0.3) is 61.0 Å². The van der Waals surface area contributed by atoms with E-state index in [1.807, 2.05) is 18.5 Å². The molecule has 2 aromatic heterocycles. The first-order valence-electron chi connectivity index (χ1n) is 18.4. The van der Waals surface area contributed by atoms with Gasteiger partial charge in [0.15, 0.2) is 0 Å². The number of hydrogen-bond donors (Lipinski definition) is 0. The van der Waals surface area contributed by atoms with Gasteiger partial charge in [-0.25, -0.2) is 0 Å². The van der Waals surface area contributed by atoms with Gasteiger partial charge < -0.3 is 4.57 Å². The molecule has 0 aliphatic heterocycles. The number of aromatic nitrogens is 2. The van der Waals surface area contributed by atoms with Crippen LogP contribution >= 0.6 is 0 Å². The number of para-hydroxylation sites is 2. The van der Waals surface area contributed by atoms with Crippen LogP contribution in [0.1, 0.15) is 67.0 Å². The summed E-state index contributed by atoms with van der Waals surface area (Å²) in [5.41, 5.74) is 15.1. The molecule has 2 aliphatic carbocycles. The molecule has 2 heteroatoms. The molecule has 6 aromatic carbocycles. The van der Waals surface area contributed by atoms with Crippen LogP contribution in [0.5, 0.6) is 0 Å². The Bertz CT molecular complexity index is 2760. The van der Waals surface area contributed by atoms with Gasteiger partial charge in [0.1, 0.15) is 0 Å². The Morgan fingerprint density at radius 3 is 2.23 bits per heavy atom. The summed E-state index contributed by atoms with van der Waals surface area (Å²) in [4.78, 5) is 4.38. The van der Waals surface area contributed by atoms with E-state index < -0.39 is 0 Å². The first-order chi connectivity index (χ1) is 25.3. The minimum atomic E-state index is -0.284. The molecule has 2 heterocycles. The number of rotatable bonds is 4. The quantitative estimate of drug-likeness (QED) is 0.182. The van der Waals surface area contributed by atoms with Crippen molar-refractivity contribution in [2.75, 3.05) is 0 Å². The predicted octanol–water partition coefficient (Wildman–Crippen LogP) is 12.8. The van der Waals surface area contributed by atoms with Crippen LogP contribution in [0.4, 0.5) is 0 Å². The fourth-order valence-corrected chi connectivity index (χ4v) is 8.97. The highest BCUT2D eigenvalue weighted by atomic mass is 15.0. The lowest BCUT2D eigenvalue weighted by atomic mass is 9.60. The van der Waals surface area contributed by atoms with Crippen molar-refractivity contribution in [3.63, 3.8) is 0 Å². The van der Waals surface area contributed by atoms with Crippen molar-refractivity contribution in [1.82, 2.24) is 9.55 Å². The number of nitrogens with zero attached hydrogens (tertiary/aromatic N) is 2. The van der Waals surface area contributed by atoms with E-state index >= 15 is 0 Å². The van der Waals surface area contributed by atoms with Crippen molar-refractivity contribution in [3.8, 4) is 16.8 Å². The van der Waals surface area contributed by atoms with Gasteiger partial charge in [0.05, 0.1) is 11.0 Å². The Hall–Kier alpha value is -5.99.